The van der Waals surface area contributed by atoms with Crippen LogP contribution in [0.15, 0.2) is 47.7 Å². The van der Waals surface area contributed by atoms with Crippen LogP contribution in [-0.2, 0) is 13.1 Å². The number of aliphatic imine (C=N–C) groups is 1. The number of guanidine groups is 1. The van der Waals surface area contributed by atoms with E-state index in [-0.39, 0.29) is 0 Å². The molecule has 0 aromatic carbocycles. The average Bonchev–Trinajstić information content (AvgIpc) is 3.41. The minimum atomic E-state index is 0.545. The Morgan fingerprint density at radius 1 is 1.11 bits per heavy atom. The van der Waals surface area contributed by atoms with Crippen molar-refractivity contribution in [3.8, 4) is 0 Å². The Morgan fingerprint density at radius 2 is 2.00 bits per heavy atom. The summed E-state index contributed by atoms with van der Waals surface area (Å²) < 4.78 is 1.97. The number of hydrogen-bond acceptors (Lipinski definition) is 5. The van der Waals surface area contributed by atoms with Gasteiger partial charge in [0.05, 0.1) is 13.1 Å². The molecule has 3 aromatic heterocycles. The van der Waals surface area contributed by atoms with Crippen LogP contribution in [0.2, 0.25) is 0 Å². The second-order valence-corrected chi connectivity index (χ2v) is 6.81. The molecule has 0 amide bonds. The molecule has 28 heavy (non-hydrogen) atoms. The zero-order chi connectivity index (χ0) is 19.2. The quantitative estimate of drug-likeness (QED) is 0.504. The molecule has 1 fully saturated rings. The summed E-state index contributed by atoms with van der Waals surface area (Å²) in [5.74, 6) is 2.66. The van der Waals surface area contributed by atoms with Crippen molar-refractivity contribution in [2.45, 2.75) is 32.9 Å². The third-order valence-electron chi connectivity index (χ3n) is 4.80. The molecule has 1 aliphatic heterocycles. The molecule has 0 radical (unpaired) electrons. The molecule has 8 heteroatoms. The summed E-state index contributed by atoms with van der Waals surface area (Å²) in [6.07, 6.45) is 6.40. The molecule has 4 rings (SSSR count). The maximum Gasteiger partial charge on any atom is 0.191 e. The van der Waals surface area contributed by atoms with Gasteiger partial charge in [-0.1, -0.05) is 12.1 Å². The lowest BCUT2D eigenvalue weighted by molar-refractivity contribution is 0.765. The van der Waals surface area contributed by atoms with Crippen LogP contribution in [0, 0.1) is 0 Å². The SMILES string of the molecule is CCNC(=NCc1ccc(N2CCCC2)nc1)NCc1nnc2ccccn12. The van der Waals surface area contributed by atoms with Crippen molar-refractivity contribution >= 4 is 17.4 Å². The summed E-state index contributed by atoms with van der Waals surface area (Å²) in [6.45, 7) is 6.17. The van der Waals surface area contributed by atoms with Gasteiger partial charge in [-0.3, -0.25) is 4.40 Å². The Balaban J connectivity index is 1.38. The van der Waals surface area contributed by atoms with Gasteiger partial charge in [-0.05, 0) is 43.5 Å². The van der Waals surface area contributed by atoms with Gasteiger partial charge in [0, 0.05) is 32.0 Å². The number of rotatable bonds is 6. The minimum Gasteiger partial charge on any atom is -0.357 e. The Bertz CT molecular complexity index is 925. The molecule has 2 N–H and O–H groups in total. The first-order valence-corrected chi connectivity index (χ1v) is 9.84. The van der Waals surface area contributed by atoms with E-state index in [1.54, 1.807) is 0 Å². The molecule has 0 spiro atoms. The van der Waals surface area contributed by atoms with E-state index in [2.05, 4.69) is 54.8 Å². The van der Waals surface area contributed by atoms with Gasteiger partial charge in [0.1, 0.15) is 5.82 Å². The van der Waals surface area contributed by atoms with Crippen molar-refractivity contribution < 1.29 is 0 Å². The highest BCUT2D eigenvalue weighted by Gasteiger charge is 2.13. The van der Waals surface area contributed by atoms with Crippen LogP contribution in [0.1, 0.15) is 31.2 Å². The Kier molecular flexibility index (Phi) is 5.65. The maximum atomic E-state index is 4.67. The van der Waals surface area contributed by atoms with Crippen molar-refractivity contribution in [1.29, 1.82) is 0 Å². The predicted octanol–water partition coefficient (Wildman–Crippen LogP) is 1.98. The third kappa shape index (κ3) is 4.21. The van der Waals surface area contributed by atoms with Gasteiger partial charge < -0.3 is 15.5 Å². The number of fused-ring (bicyclic) bond motifs is 1. The topological polar surface area (TPSA) is 82.7 Å². The highest BCUT2D eigenvalue weighted by molar-refractivity contribution is 5.79. The monoisotopic (exact) mass is 378 g/mol. The normalized spacial score (nSPS) is 14.6. The molecule has 8 nitrogen and oxygen atoms in total. The maximum absolute atomic E-state index is 4.67. The molecule has 1 saturated heterocycles. The molecule has 1 aliphatic rings. The second-order valence-electron chi connectivity index (χ2n) is 6.81. The lowest BCUT2D eigenvalue weighted by Gasteiger charge is -2.16. The smallest absolute Gasteiger partial charge is 0.191 e. The summed E-state index contributed by atoms with van der Waals surface area (Å²) in [5.41, 5.74) is 1.93. The number of pyridine rings is 2. The van der Waals surface area contributed by atoms with Crippen LogP contribution in [-0.4, -0.2) is 45.2 Å². The largest absolute Gasteiger partial charge is 0.357 e. The van der Waals surface area contributed by atoms with E-state index in [9.17, 15) is 0 Å². The predicted molar refractivity (Wildman–Crippen MR) is 110 cm³/mol. The first kappa shape index (κ1) is 18.2. The molecule has 3 aromatic rings. The van der Waals surface area contributed by atoms with Gasteiger partial charge in [0.25, 0.3) is 0 Å². The Hall–Kier alpha value is -3.16. The van der Waals surface area contributed by atoms with Crippen molar-refractivity contribution in [2.75, 3.05) is 24.5 Å². The fourth-order valence-electron chi connectivity index (χ4n) is 3.33. The van der Waals surface area contributed by atoms with Crippen molar-refractivity contribution in [1.82, 2.24) is 30.2 Å². The first-order valence-electron chi connectivity index (χ1n) is 9.84. The standard InChI is InChI=1S/C20H26N8/c1-2-21-20(24-15-19-26-25-18-7-3-4-12-28(18)19)23-14-16-8-9-17(22-13-16)27-10-5-6-11-27/h3-4,7-9,12-13H,2,5-6,10-11,14-15H2,1H3,(H2,21,23,24). The van der Waals surface area contributed by atoms with E-state index < -0.39 is 0 Å². The fraction of sp³-hybridized carbons (Fsp3) is 0.400. The number of nitrogens with zero attached hydrogens (tertiary/aromatic N) is 6. The number of aromatic nitrogens is 4. The Morgan fingerprint density at radius 3 is 2.79 bits per heavy atom. The summed E-state index contributed by atoms with van der Waals surface area (Å²) >= 11 is 0. The highest BCUT2D eigenvalue weighted by Crippen LogP contribution is 2.17. The Labute approximate surface area is 164 Å². The lowest BCUT2D eigenvalue weighted by Crippen LogP contribution is -2.37. The second kappa shape index (κ2) is 8.69. The van der Waals surface area contributed by atoms with Crippen LogP contribution in [0.4, 0.5) is 5.82 Å². The molecule has 0 saturated carbocycles. The van der Waals surface area contributed by atoms with Crippen LogP contribution in [0.5, 0.6) is 0 Å². The van der Waals surface area contributed by atoms with E-state index in [4.69, 9.17) is 0 Å². The van der Waals surface area contributed by atoms with Gasteiger partial charge in [-0.2, -0.15) is 0 Å². The van der Waals surface area contributed by atoms with Crippen LogP contribution < -0.4 is 15.5 Å². The van der Waals surface area contributed by atoms with Gasteiger partial charge in [0.15, 0.2) is 17.4 Å². The van der Waals surface area contributed by atoms with Crippen LogP contribution in [0.25, 0.3) is 5.65 Å². The van der Waals surface area contributed by atoms with E-state index >= 15 is 0 Å². The van der Waals surface area contributed by atoms with Gasteiger partial charge >= 0.3 is 0 Å². The van der Waals surface area contributed by atoms with Crippen molar-refractivity contribution in [3.63, 3.8) is 0 Å². The van der Waals surface area contributed by atoms with Gasteiger partial charge in [-0.25, -0.2) is 9.98 Å². The average molecular weight is 378 g/mol. The van der Waals surface area contributed by atoms with Gasteiger partial charge in [-0.15, -0.1) is 10.2 Å². The van der Waals surface area contributed by atoms with E-state index in [0.29, 0.717) is 13.1 Å². The minimum absolute atomic E-state index is 0.545. The van der Waals surface area contributed by atoms with E-state index in [0.717, 1.165) is 48.4 Å². The summed E-state index contributed by atoms with van der Waals surface area (Å²) in [5, 5.41) is 15.0. The fourth-order valence-corrected chi connectivity index (χ4v) is 3.33. The molecule has 4 heterocycles. The van der Waals surface area contributed by atoms with Crippen LogP contribution in [0.3, 0.4) is 0 Å². The van der Waals surface area contributed by atoms with Crippen molar-refractivity contribution in [3.05, 3.63) is 54.1 Å². The van der Waals surface area contributed by atoms with Crippen molar-refractivity contribution in [2.24, 2.45) is 4.99 Å². The molecule has 0 atom stereocenters. The molecule has 0 aliphatic carbocycles. The zero-order valence-electron chi connectivity index (χ0n) is 16.2. The lowest BCUT2D eigenvalue weighted by atomic mass is 10.3. The molecule has 0 unspecified atom stereocenters. The number of hydrogen-bond donors (Lipinski definition) is 2. The highest BCUT2D eigenvalue weighted by atomic mass is 15.3. The molecule has 146 valence electrons. The summed E-state index contributed by atoms with van der Waals surface area (Å²) in [6, 6.07) is 10.1. The van der Waals surface area contributed by atoms with E-state index in [1.165, 1.54) is 12.8 Å². The van der Waals surface area contributed by atoms with Gasteiger partial charge in [0.2, 0.25) is 0 Å². The summed E-state index contributed by atoms with van der Waals surface area (Å²) in [7, 11) is 0. The molecular formula is C20H26N8. The van der Waals surface area contributed by atoms with E-state index in [1.807, 2.05) is 35.0 Å². The summed E-state index contributed by atoms with van der Waals surface area (Å²) in [4.78, 5) is 11.6. The number of anilines is 1. The van der Waals surface area contributed by atoms with Crippen LogP contribution >= 0.6 is 0 Å². The first-order chi connectivity index (χ1) is 13.8. The molecular weight excluding hydrogens is 352 g/mol. The number of nitrogens with one attached hydrogen (secondary N) is 2. The third-order valence-corrected chi connectivity index (χ3v) is 4.80. The molecule has 0 bridgehead atoms. The zero-order valence-corrected chi connectivity index (χ0v) is 16.2.